The lowest BCUT2D eigenvalue weighted by Gasteiger charge is -2.23. The lowest BCUT2D eigenvalue weighted by atomic mass is 10.0. The van der Waals surface area contributed by atoms with Gasteiger partial charge >= 0.3 is 0 Å². The molecule has 3 rings (SSSR count). The summed E-state index contributed by atoms with van der Waals surface area (Å²) < 4.78 is 4.99. The monoisotopic (exact) mass is 388 g/mol. The zero-order valence-electron chi connectivity index (χ0n) is 16.3. The van der Waals surface area contributed by atoms with E-state index in [4.69, 9.17) is 5.10 Å². The van der Waals surface area contributed by atoms with E-state index in [1.54, 1.807) is 0 Å². The Kier molecular flexibility index (Phi) is 5.93. The molecule has 6 nitrogen and oxygen atoms in total. The fraction of sp³-hybridized carbons (Fsp3) is 0.500. The van der Waals surface area contributed by atoms with Crippen molar-refractivity contribution in [2.45, 2.75) is 62.5 Å². The van der Waals surface area contributed by atoms with E-state index in [-0.39, 0.29) is 11.6 Å². The first-order valence-electron chi connectivity index (χ1n) is 9.30. The van der Waals surface area contributed by atoms with Gasteiger partial charge in [0.15, 0.2) is 6.29 Å². The van der Waals surface area contributed by atoms with Gasteiger partial charge in [-0.2, -0.15) is 5.10 Å². The van der Waals surface area contributed by atoms with Crippen LogP contribution in [0.1, 0.15) is 62.0 Å². The van der Waals surface area contributed by atoms with E-state index in [9.17, 15) is 9.90 Å². The third-order valence-electron chi connectivity index (χ3n) is 4.81. The van der Waals surface area contributed by atoms with Gasteiger partial charge in [-0.15, -0.1) is 0 Å². The van der Waals surface area contributed by atoms with Crippen LogP contribution in [0.2, 0.25) is 0 Å². The second kappa shape index (κ2) is 8.04. The highest BCUT2D eigenvalue weighted by Gasteiger charge is 2.29. The zero-order chi connectivity index (χ0) is 19.6. The van der Waals surface area contributed by atoms with Crippen molar-refractivity contribution in [1.82, 2.24) is 14.5 Å². The quantitative estimate of drug-likeness (QED) is 0.512. The van der Waals surface area contributed by atoms with Crippen LogP contribution in [0.5, 0.6) is 0 Å². The van der Waals surface area contributed by atoms with Crippen molar-refractivity contribution in [3.05, 3.63) is 35.5 Å². The first-order valence-corrected chi connectivity index (χ1v) is 10.1. The van der Waals surface area contributed by atoms with E-state index in [1.807, 2.05) is 29.9 Å². The Balaban J connectivity index is 1.91. The molecule has 0 aliphatic heterocycles. The average Bonchev–Trinajstić information content (AvgIpc) is 3.22. The SMILES string of the molecule is CNSc1ccc(Nc2cc(C3CCC(O)C3)nn2C(C)(C)C)cc1C=O. The molecule has 1 aliphatic carbocycles. The van der Waals surface area contributed by atoms with Crippen LogP contribution in [0.3, 0.4) is 0 Å². The van der Waals surface area contributed by atoms with Crippen molar-refractivity contribution in [3.63, 3.8) is 0 Å². The van der Waals surface area contributed by atoms with E-state index >= 15 is 0 Å². The minimum absolute atomic E-state index is 0.187. The van der Waals surface area contributed by atoms with Gasteiger partial charge in [0.2, 0.25) is 0 Å². The Bertz CT molecular complexity index is 813. The molecule has 7 heteroatoms. The summed E-state index contributed by atoms with van der Waals surface area (Å²) in [6.07, 6.45) is 3.22. The number of hydrogen-bond acceptors (Lipinski definition) is 6. The summed E-state index contributed by atoms with van der Waals surface area (Å²) in [6.45, 7) is 6.34. The minimum atomic E-state index is -0.224. The molecule has 0 radical (unpaired) electrons. The first kappa shape index (κ1) is 19.9. The molecular formula is C20H28N4O2S. The highest BCUT2D eigenvalue weighted by Crippen LogP contribution is 2.36. The van der Waals surface area contributed by atoms with E-state index < -0.39 is 0 Å². The van der Waals surface area contributed by atoms with Gasteiger partial charge in [0.05, 0.1) is 17.3 Å². The van der Waals surface area contributed by atoms with Crippen molar-refractivity contribution in [1.29, 1.82) is 0 Å². The number of carbonyl (C=O) groups excluding carboxylic acids is 1. The predicted octanol–water partition coefficient (Wildman–Crippen LogP) is 4.05. The fourth-order valence-corrected chi connectivity index (χ4v) is 4.08. The van der Waals surface area contributed by atoms with Crippen molar-refractivity contribution in [2.75, 3.05) is 12.4 Å². The number of carbonyl (C=O) groups is 1. The number of aromatic nitrogens is 2. The summed E-state index contributed by atoms with van der Waals surface area (Å²) in [5, 5.41) is 18.1. The number of nitrogens with zero attached hydrogens (tertiary/aromatic N) is 2. The van der Waals surface area contributed by atoms with Gasteiger partial charge in [0.1, 0.15) is 5.82 Å². The molecule has 27 heavy (non-hydrogen) atoms. The predicted molar refractivity (Wildman–Crippen MR) is 110 cm³/mol. The molecule has 3 N–H and O–H groups in total. The summed E-state index contributed by atoms with van der Waals surface area (Å²) in [5.74, 6) is 1.19. The van der Waals surface area contributed by atoms with Crippen LogP contribution in [-0.2, 0) is 5.54 Å². The standard InChI is InChI=1S/C20H28N4O2S/c1-20(2,3)24-19(11-17(23-24)13-5-7-16(26)10-13)22-15-6-8-18(27-21-4)14(9-15)12-25/h6,8-9,11-13,16,21-22,26H,5,7,10H2,1-4H3. The zero-order valence-corrected chi connectivity index (χ0v) is 17.1. The van der Waals surface area contributed by atoms with Crippen LogP contribution in [0, 0.1) is 0 Å². The van der Waals surface area contributed by atoms with Gasteiger partial charge in [0, 0.05) is 28.1 Å². The lowest BCUT2D eigenvalue weighted by molar-refractivity contribution is 0.112. The second-order valence-corrected chi connectivity index (χ2v) is 9.05. The molecule has 1 aliphatic rings. The van der Waals surface area contributed by atoms with Gasteiger partial charge in [0.25, 0.3) is 0 Å². The molecule has 146 valence electrons. The lowest BCUT2D eigenvalue weighted by Crippen LogP contribution is -2.24. The Hall–Kier alpha value is -1.83. The van der Waals surface area contributed by atoms with Gasteiger partial charge in [-0.25, -0.2) is 4.68 Å². The van der Waals surface area contributed by atoms with Crippen LogP contribution >= 0.6 is 11.9 Å². The molecule has 2 unspecified atom stereocenters. The van der Waals surface area contributed by atoms with E-state index in [2.05, 4.69) is 36.9 Å². The third kappa shape index (κ3) is 4.54. The summed E-state index contributed by atoms with van der Waals surface area (Å²) in [7, 11) is 1.83. The number of aliphatic hydroxyl groups is 1. The smallest absolute Gasteiger partial charge is 0.151 e. The average molecular weight is 389 g/mol. The molecule has 0 saturated heterocycles. The molecule has 2 aromatic rings. The first-order chi connectivity index (χ1) is 12.8. The second-order valence-electron chi connectivity index (χ2n) is 8.00. The summed E-state index contributed by atoms with van der Waals surface area (Å²) in [4.78, 5) is 12.3. The number of rotatable bonds is 6. The maximum Gasteiger partial charge on any atom is 0.151 e. The van der Waals surface area contributed by atoms with E-state index in [0.717, 1.165) is 47.6 Å². The molecule has 1 fully saturated rings. The normalized spacial score (nSPS) is 20.0. The Morgan fingerprint density at radius 3 is 2.67 bits per heavy atom. The van der Waals surface area contributed by atoms with Crippen molar-refractivity contribution in [2.24, 2.45) is 0 Å². The Labute approximate surface area is 164 Å². The van der Waals surface area contributed by atoms with Gasteiger partial charge in [-0.1, -0.05) is 0 Å². The molecule has 0 spiro atoms. The molecule has 1 heterocycles. The van der Waals surface area contributed by atoms with Crippen LogP contribution in [0.4, 0.5) is 11.5 Å². The molecule has 1 saturated carbocycles. The highest BCUT2D eigenvalue weighted by atomic mass is 32.2. The van der Waals surface area contributed by atoms with Gasteiger partial charge in [-0.3, -0.25) is 9.52 Å². The van der Waals surface area contributed by atoms with Crippen molar-refractivity contribution < 1.29 is 9.90 Å². The Morgan fingerprint density at radius 1 is 1.30 bits per heavy atom. The number of hydrogen-bond donors (Lipinski definition) is 3. The topological polar surface area (TPSA) is 79.2 Å². The van der Waals surface area contributed by atoms with Crippen LogP contribution in [0.25, 0.3) is 0 Å². The van der Waals surface area contributed by atoms with Crippen LogP contribution < -0.4 is 10.0 Å². The third-order valence-corrected chi connectivity index (χ3v) is 5.60. The van der Waals surface area contributed by atoms with Crippen LogP contribution in [-0.4, -0.2) is 34.3 Å². The summed E-state index contributed by atoms with van der Waals surface area (Å²) in [5.41, 5.74) is 2.32. The van der Waals surface area contributed by atoms with E-state index in [0.29, 0.717) is 11.5 Å². The number of benzene rings is 1. The number of aliphatic hydroxyl groups excluding tert-OH is 1. The van der Waals surface area contributed by atoms with Gasteiger partial charge < -0.3 is 10.4 Å². The molecular weight excluding hydrogens is 360 g/mol. The Morgan fingerprint density at radius 2 is 2.07 bits per heavy atom. The number of aldehydes is 1. The molecule has 2 atom stereocenters. The van der Waals surface area contributed by atoms with Crippen LogP contribution in [0.15, 0.2) is 29.2 Å². The summed E-state index contributed by atoms with van der Waals surface area (Å²) >= 11 is 1.42. The molecule has 1 aromatic carbocycles. The van der Waals surface area contributed by atoms with Gasteiger partial charge in [-0.05, 0) is 77.2 Å². The number of nitrogens with one attached hydrogen (secondary N) is 2. The fourth-order valence-electron chi connectivity index (χ4n) is 3.49. The maximum atomic E-state index is 11.4. The van der Waals surface area contributed by atoms with Crippen molar-refractivity contribution >= 4 is 29.7 Å². The molecule has 0 bridgehead atoms. The highest BCUT2D eigenvalue weighted by molar-refractivity contribution is 7.97. The maximum absolute atomic E-state index is 11.4. The molecule has 0 amide bonds. The summed E-state index contributed by atoms with van der Waals surface area (Å²) in [6, 6.07) is 7.82. The molecule has 1 aromatic heterocycles. The van der Waals surface area contributed by atoms with Crippen molar-refractivity contribution in [3.8, 4) is 0 Å². The number of anilines is 2. The minimum Gasteiger partial charge on any atom is -0.393 e. The largest absolute Gasteiger partial charge is 0.393 e. The van der Waals surface area contributed by atoms with E-state index in [1.165, 1.54) is 11.9 Å².